The zero-order chi connectivity index (χ0) is 27.0. The molecule has 4 aromatic rings. The standard InChI is InChI=1S/C31H25BrN2O4/c1-18-8-12-27(20(3)14-18)34-30(36)25(29(35)33-31(34)37)16-22-15-23(32)11-13-28(22)38-17-26-19(2)9-10-21-6-4-5-7-24(21)26/h4-16H,17H2,1-3H3,(H,33,35,37)/b25-16+. The summed E-state index contributed by atoms with van der Waals surface area (Å²) in [4.78, 5) is 40.0. The predicted octanol–water partition coefficient (Wildman–Crippen LogP) is 6.77. The quantitative estimate of drug-likeness (QED) is 0.213. The van der Waals surface area contributed by atoms with E-state index in [2.05, 4.69) is 45.5 Å². The lowest BCUT2D eigenvalue weighted by molar-refractivity contribution is -0.122. The van der Waals surface area contributed by atoms with Gasteiger partial charge >= 0.3 is 6.03 Å². The summed E-state index contributed by atoms with van der Waals surface area (Å²) in [5.74, 6) is -0.943. The molecule has 1 aliphatic heterocycles. The number of barbiturate groups is 1. The molecule has 0 atom stereocenters. The number of benzene rings is 4. The zero-order valence-corrected chi connectivity index (χ0v) is 22.8. The number of aryl methyl sites for hydroxylation is 3. The van der Waals surface area contributed by atoms with Crippen LogP contribution in [0.2, 0.25) is 0 Å². The maximum absolute atomic E-state index is 13.5. The van der Waals surface area contributed by atoms with Crippen LogP contribution in [-0.4, -0.2) is 17.8 Å². The van der Waals surface area contributed by atoms with E-state index in [1.54, 1.807) is 18.2 Å². The molecule has 0 spiro atoms. The van der Waals surface area contributed by atoms with Crippen molar-refractivity contribution >= 4 is 56.3 Å². The highest BCUT2D eigenvalue weighted by atomic mass is 79.9. The van der Waals surface area contributed by atoms with Gasteiger partial charge in [-0.2, -0.15) is 0 Å². The number of urea groups is 1. The van der Waals surface area contributed by atoms with Gasteiger partial charge in [0.2, 0.25) is 0 Å². The lowest BCUT2D eigenvalue weighted by atomic mass is 10.0. The summed E-state index contributed by atoms with van der Waals surface area (Å²) >= 11 is 3.47. The molecule has 0 aliphatic carbocycles. The average molecular weight is 569 g/mol. The van der Waals surface area contributed by atoms with Gasteiger partial charge in [-0.3, -0.25) is 14.9 Å². The molecule has 0 radical (unpaired) electrons. The third-order valence-corrected chi connectivity index (χ3v) is 7.11. The number of carbonyl (C=O) groups excluding carboxylic acids is 3. The number of ether oxygens (including phenoxy) is 1. The molecule has 4 amide bonds. The summed E-state index contributed by atoms with van der Waals surface area (Å²) in [5, 5.41) is 4.52. The van der Waals surface area contributed by atoms with Gasteiger partial charge in [0.25, 0.3) is 11.8 Å². The average Bonchev–Trinajstić information content (AvgIpc) is 2.88. The van der Waals surface area contributed by atoms with Gasteiger partial charge < -0.3 is 4.74 Å². The second-order valence-electron chi connectivity index (χ2n) is 9.30. The maximum atomic E-state index is 13.5. The summed E-state index contributed by atoms with van der Waals surface area (Å²) < 4.78 is 7.01. The number of rotatable bonds is 5. The first-order valence-corrected chi connectivity index (χ1v) is 12.9. The van der Waals surface area contributed by atoms with Crippen LogP contribution in [0, 0.1) is 20.8 Å². The van der Waals surface area contributed by atoms with Crippen molar-refractivity contribution in [3.05, 3.63) is 111 Å². The number of anilines is 1. The Morgan fingerprint density at radius 3 is 2.47 bits per heavy atom. The minimum atomic E-state index is -0.777. The van der Waals surface area contributed by atoms with E-state index in [1.165, 1.54) is 6.08 Å². The lowest BCUT2D eigenvalue weighted by Crippen LogP contribution is -2.54. The Hall–Kier alpha value is -4.23. The van der Waals surface area contributed by atoms with Crippen molar-refractivity contribution in [2.75, 3.05) is 4.90 Å². The molecule has 1 aliphatic rings. The molecule has 4 aromatic carbocycles. The van der Waals surface area contributed by atoms with Gasteiger partial charge in [0.05, 0.1) is 5.69 Å². The van der Waals surface area contributed by atoms with Crippen LogP contribution < -0.4 is 15.0 Å². The van der Waals surface area contributed by atoms with Crippen molar-refractivity contribution in [1.29, 1.82) is 0 Å². The number of amides is 4. The molecule has 190 valence electrons. The SMILES string of the molecule is Cc1ccc(N2C(=O)NC(=O)/C(=C\c3cc(Br)ccc3OCc3c(C)ccc4ccccc34)C2=O)c(C)c1. The topological polar surface area (TPSA) is 75.7 Å². The monoisotopic (exact) mass is 568 g/mol. The molecular weight excluding hydrogens is 544 g/mol. The fraction of sp³-hybridized carbons (Fsp3) is 0.129. The third-order valence-electron chi connectivity index (χ3n) is 6.61. The fourth-order valence-corrected chi connectivity index (χ4v) is 5.02. The Balaban J connectivity index is 1.51. The molecule has 7 heteroatoms. The number of halogens is 1. The van der Waals surface area contributed by atoms with Crippen LogP contribution in [0.4, 0.5) is 10.5 Å². The normalized spacial score (nSPS) is 14.8. The van der Waals surface area contributed by atoms with Gasteiger partial charge in [-0.1, -0.05) is 70.0 Å². The van der Waals surface area contributed by atoms with Crippen molar-refractivity contribution in [3.8, 4) is 5.75 Å². The van der Waals surface area contributed by atoms with E-state index in [0.717, 1.165) is 42.4 Å². The number of nitrogens with one attached hydrogen (secondary N) is 1. The molecule has 38 heavy (non-hydrogen) atoms. The Kier molecular flexibility index (Phi) is 6.87. The van der Waals surface area contributed by atoms with E-state index < -0.39 is 17.8 Å². The smallest absolute Gasteiger partial charge is 0.335 e. The molecule has 1 saturated heterocycles. The highest BCUT2D eigenvalue weighted by Crippen LogP contribution is 2.31. The minimum Gasteiger partial charge on any atom is -0.488 e. The van der Waals surface area contributed by atoms with Crippen LogP contribution in [0.15, 0.2) is 82.8 Å². The summed E-state index contributed by atoms with van der Waals surface area (Å²) in [6, 6.07) is 22.3. The Morgan fingerprint density at radius 2 is 1.68 bits per heavy atom. The highest BCUT2D eigenvalue weighted by molar-refractivity contribution is 9.10. The van der Waals surface area contributed by atoms with Crippen LogP contribution in [0.1, 0.15) is 27.8 Å². The third kappa shape index (κ3) is 4.85. The van der Waals surface area contributed by atoms with Gasteiger partial charge in [0, 0.05) is 15.6 Å². The van der Waals surface area contributed by atoms with Crippen molar-refractivity contribution < 1.29 is 19.1 Å². The summed E-state index contributed by atoms with van der Waals surface area (Å²) in [5.41, 5.74) is 4.71. The number of hydrogen-bond acceptors (Lipinski definition) is 4. The van der Waals surface area contributed by atoms with Crippen molar-refractivity contribution in [3.63, 3.8) is 0 Å². The molecular formula is C31H25BrN2O4. The molecule has 6 nitrogen and oxygen atoms in total. The first-order valence-electron chi connectivity index (χ1n) is 12.1. The van der Waals surface area contributed by atoms with E-state index >= 15 is 0 Å². The van der Waals surface area contributed by atoms with Crippen LogP contribution in [0.3, 0.4) is 0 Å². The molecule has 1 N–H and O–H groups in total. The molecule has 0 saturated carbocycles. The van der Waals surface area contributed by atoms with Gasteiger partial charge in [-0.05, 0) is 73.0 Å². The van der Waals surface area contributed by atoms with Crippen LogP contribution in [0.5, 0.6) is 5.75 Å². The zero-order valence-electron chi connectivity index (χ0n) is 21.2. The number of carbonyl (C=O) groups is 3. The van der Waals surface area contributed by atoms with Crippen molar-refractivity contribution in [2.45, 2.75) is 27.4 Å². The molecule has 0 unspecified atom stereocenters. The van der Waals surface area contributed by atoms with Gasteiger partial charge in [-0.15, -0.1) is 0 Å². The summed E-state index contributed by atoms with van der Waals surface area (Å²) in [6.45, 7) is 6.09. The lowest BCUT2D eigenvalue weighted by Gasteiger charge is -2.27. The van der Waals surface area contributed by atoms with E-state index in [-0.39, 0.29) is 5.57 Å². The molecule has 5 rings (SSSR count). The molecule has 1 fully saturated rings. The Labute approximate surface area is 229 Å². The van der Waals surface area contributed by atoms with E-state index in [0.29, 0.717) is 23.6 Å². The number of hydrogen-bond donors (Lipinski definition) is 1. The minimum absolute atomic E-state index is 0.158. The summed E-state index contributed by atoms with van der Waals surface area (Å²) in [6.07, 6.45) is 1.47. The van der Waals surface area contributed by atoms with Crippen LogP contribution in [0.25, 0.3) is 16.8 Å². The van der Waals surface area contributed by atoms with Gasteiger partial charge in [0.15, 0.2) is 0 Å². The fourth-order valence-electron chi connectivity index (χ4n) is 4.64. The number of imide groups is 2. The number of nitrogens with zero attached hydrogens (tertiary/aromatic N) is 1. The van der Waals surface area contributed by atoms with Crippen LogP contribution >= 0.6 is 15.9 Å². The molecule has 0 bridgehead atoms. The van der Waals surface area contributed by atoms with Crippen molar-refractivity contribution in [2.24, 2.45) is 0 Å². The van der Waals surface area contributed by atoms with Crippen molar-refractivity contribution in [1.82, 2.24) is 5.32 Å². The predicted molar refractivity (Wildman–Crippen MR) is 152 cm³/mol. The maximum Gasteiger partial charge on any atom is 0.335 e. The molecule has 0 aromatic heterocycles. The second-order valence-corrected chi connectivity index (χ2v) is 10.2. The Bertz CT molecular complexity index is 1660. The molecule has 1 heterocycles. The second kappa shape index (κ2) is 10.3. The highest BCUT2D eigenvalue weighted by Gasteiger charge is 2.37. The first kappa shape index (κ1) is 25.4. The van der Waals surface area contributed by atoms with Gasteiger partial charge in [0.1, 0.15) is 17.9 Å². The first-order chi connectivity index (χ1) is 18.2. The number of fused-ring (bicyclic) bond motifs is 1. The Morgan fingerprint density at radius 1 is 0.895 bits per heavy atom. The van der Waals surface area contributed by atoms with E-state index in [4.69, 9.17) is 4.74 Å². The van der Waals surface area contributed by atoms with E-state index in [1.807, 2.05) is 51.1 Å². The largest absolute Gasteiger partial charge is 0.488 e. The van der Waals surface area contributed by atoms with Crippen LogP contribution in [-0.2, 0) is 16.2 Å². The van der Waals surface area contributed by atoms with Gasteiger partial charge in [-0.25, -0.2) is 9.69 Å². The van der Waals surface area contributed by atoms with E-state index in [9.17, 15) is 14.4 Å². The summed E-state index contributed by atoms with van der Waals surface area (Å²) in [7, 11) is 0.